The third-order valence-electron chi connectivity index (χ3n) is 7.74. The highest BCUT2D eigenvalue weighted by Gasteiger charge is 2.30. The van der Waals surface area contributed by atoms with Gasteiger partial charge in [0.15, 0.2) is 0 Å². The molecule has 1 saturated heterocycles. The normalized spacial score (nSPS) is 14.5. The number of ether oxygens (including phenoxy) is 2. The van der Waals surface area contributed by atoms with Crippen LogP contribution in [0.3, 0.4) is 0 Å². The topological polar surface area (TPSA) is 103 Å². The van der Waals surface area contributed by atoms with E-state index in [1.165, 1.54) is 0 Å². The van der Waals surface area contributed by atoms with Crippen molar-refractivity contribution in [2.45, 2.75) is 25.8 Å². The van der Waals surface area contributed by atoms with E-state index in [1.54, 1.807) is 28.8 Å². The lowest BCUT2D eigenvalue weighted by Crippen LogP contribution is -2.46. The molecule has 4 aromatic rings. The number of fused-ring (bicyclic) bond motifs is 1. The van der Waals surface area contributed by atoms with Crippen molar-refractivity contribution in [3.05, 3.63) is 98.5 Å². The molecule has 0 bridgehead atoms. The fourth-order valence-corrected chi connectivity index (χ4v) is 5.84. The summed E-state index contributed by atoms with van der Waals surface area (Å²) < 4.78 is 12.8. The van der Waals surface area contributed by atoms with Crippen LogP contribution in [0.2, 0.25) is 10.0 Å². The number of carbonyl (C=O) groups is 1. The quantitative estimate of drug-likeness (QED) is 0.236. The van der Waals surface area contributed by atoms with E-state index >= 15 is 0 Å². The summed E-state index contributed by atoms with van der Waals surface area (Å²) in [7, 11) is 0. The lowest BCUT2D eigenvalue weighted by Gasteiger charge is -2.35. The van der Waals surface area contributed by atoms with E-state index in [-0.39, 0.29) is 24.4 Å². The molecule has 1 fully saturated rings. The summed E-state index contributed by atoms with van der Waals surface area (Å²) in [6.07, 6.45) is 0.500. The van der Waals surface area contributed by atoms with Crippen molar-refractivity contribution in [1.29, 1.82) is 0 Å². The number of halogens is 2. The van der Waals surface area contributed by atoms with Crippen molar-refractivity contribution in [2.24, 2.45) is 5.73 Å². The standard InChI is InChI=1S/C33H37Cl2N5O4/c1-2-44-25-10-8-24(9-11-25)40-32(37-29-6-4-3-5-26(29)33(40)42)30(13-14-36)39(16-15-38-17-19-43-20-18-38)31(41)22-23-7-12-27(34)28(35)21-23/h3-12,21,30H,2,13-20,22,36H2,1H3. The molecule has 9 nitrogen and oxygen atoms in total. The van der Waals surface area contributed by atoms with Gasteiger partial charge in [-0.15, -0.1) is 0 Å². The Labute approximate surface area is 267 Å². The minimum Gasteiger partial charge on any atom is -0.494 e. The van der Waals surface area contributed by atoms with Gasteiger partial charge in [-0.2, -0.15) is 0 Å². The smallest absolute Gasteiger partial charge is 0.266 e. The van der Waals surface area contributed by atoms with Crippen LogP contribution < -0.4 is 16.0 Å². The average molecular weight is 639 g/mol. The number of aromatic nitrogens is 2. The Morgan fingerprint density at radius 3 is 2.52 bits per heavy atom. The fourth-order valence-electron chi connectivity index (χ4n) is 5.52. The molecule has 1 atom stereocenters. The first-order chi connectivity index (χ1) is 21.4. The van der Waals surface area contributed by atoms with Crippen LogP contribution in [-0.4, -0.2) is 77.8 Å². The number of carbonyl (C=O) groups excluding carboxylic acids is 1. The lowest BCUT2D eigenvalue weighted by molar-refractivity contribution is -0.133. The summed E-state index contributed by atoms with van der Waals surface area (Å²) in [6, 6.07) is 19.2. The van der Waals surface area contributed by atoms with Gasteiger partial charge in [-0.05, 0) is 74.0 Å². The first-order valence-electron chi connectivity index (χ1n) is 14.9. The van der Waals surface area contributed by atoms with Crippen LogP contribution in [0.1, 0.15) is 30.8 Å². The molecule has 1 aliphatic rings. The maximum atomic E-state index is 14.2. The highest BCUT2D eigenvalue weighted by Crippen LogP contribution is 2.29. The fraction of sp³-hybridized carbons (Fsp3) is 0.364. The summed E-state index contributed by atoms with van der Waals surface area (Å²) >= 11 is 12.4. The molecule has 2 heterocycles. The largest absolute Gasteiger partial charge is 0.494 e. The minimum atomic E-state index is -0.583. The molecule has 0 radical (unpaired) electrons. The number of morpholine rings is 1. The molecule has 1 unspecified atom stereocenters. The Morgan fingerprint density at radius 2 is 1.82 bits per heavy atom. The molecule has 1 aromatic heterocycles. The second kappa shape index (κ2) is 15.0. The lowest BCUT2D eigenvalue weighted by atomic mass is 10.1. The van der Waals surface area contributed by atoms with E-state index in [1.807, 2.05) is 54.3 Å². The number of hydrogen-bond donors (Lipinski definition) is 1. The van der Waals surface area contributed by atoms with Crippen LogP contribution in [0, 0.1) is 0 Å². The van der Waals surface area contributed by atoms with Crippen LogP contribution in [-0.2, 0) is 16.0 Å². The molecule has 2 N–H and O–H groups in total. The number of nitrogens with zero attached hydrogens (tertiary/aromatic N) is 4. The van der Waals surface area contributed by atoms with Gasteiger partial charge in [0.1, 0.15) is 11.6 Å². The van der Waals surface area contributed by atoms with Gasteiger partial charge in [0.05, 0.1) is 58.9 Å². The van der Waals surface area contributed by atoms with Crippen molar-refractivity contribution in [2.75, 3.05) is 52.5 Å². The second-order valence-corrected chi connectivity index (χ2v) is 11.4. The summed E-state index contributed by atoms with van der Waals surface area (Å²) in [5.74, 6) is 1.02. The van der Waals surface area contributed by atoms with Gasteiger partial charge in [-0.25, -0.2) is 4.98 Å². The van der Waals surface area contributed by atoms with Gasteiger partial charge >= 0.3 is 0 Å². The van der Waals surface area contributed by atoms with Crippen LogP contribution >= 0.6 is 23.2 Å². The molecule has 232 valence electrons. The number of nitrogens with two attached hydrogens (primary N) is 1. The van der Waals surface area contributed by atoms with E-state index in [9.17, 15) is 9.59 Å². The summed E-state index contributed by atoms with van der Waals surface area (Å²) in [5, 5.41) is 1.29. The van der Waals surface area contributed by atoms with Gasteiger partial charge in [-0.3, -0.25) is 19.1 Å². The van der Waals surface area contributed by atoms with E-state index in [0.717, 1.165) is 18.7 Å². The molecule has 5 rings (SSSR count). The Balaban J connectivity index is 1.61. The molecule has 3 aromatic carbocycles. The predicted octanol–water partition coefficient (Wildman–Crippen LogP) is 4.88. The van der Waals surface area contributed by atoms with E-state index in [2.05, 4.69) is 4.90 Å². The van der Waals surface area contributed by atoms with Crippen molar-refractivity contribution in [3.63, 3.8) is 0 Å². The van der Waals surface area contributed by atoms with Gasteiger partial charge < -0.3 is 20.1 Å². The van der Waals surface area contributed by atoms with E-state index in [4.69, 9.17) is 43.4 Å². The second-order valence-electron chi connectivity index (χ2n) is 10.6. The molecule has 0 spiro atoms. The van der Waals surface area contributed by atoms with Gasteiger partial charge in [0, 0.05) is 26.2 Å². The van der Waals surface area contributed by atoms with Gasteiger partial charge in [0.25, 0.3) is 5.56 Å². The minimum absolute atomic E-state index is 0.0991. The molecular formula is C33H37Cl2N5O4. The number of benzene rings is 3. The third-order valence-corrected chi connectivity index (χ3v) is 8.48. The van der Waals surface area contributed by atoms with Crippen LogP contribution in [0.15, 0.2) is 71.5 Å². The molecule has 11 heteroatoms. The number of hydrogen-bond acceptors (Lipinski definition) is 7. The zero-order valence-electron chi connectivity index (χ0n) is 24.8. The third kappa shape index (κ3) is 7.42. The Morgan fingerprint density at radius 1 is 1.07 bits per heavy atom. The molecule has 1 amide bonds. The van der Waals surface area contributed by atoms with Crippen molar-refractivity contribution in [1.82, 2.24) is 19.4 Å². The molecule has 44 heavy (non-hydrogen) atoms. The molecule has 1 aliphatic heterocycles. The van der Waals surface area contributed by atoms with Crippen LogP contribution in [0.5, 0.6) is 5.75 Å². The first-order valence-corrected chi connectivity index (χ1v) is 15.6. The number of amides is 1. The highest BCUT2D eigenvalue weighted by atomic mass is 35.5. The van der Waals surface area contributed by atoms with Gasteiger partial charge in [-0.1, -0.05) is 41.4 Å². The van der Waals surface area contributed by atoms with Crippen molar-refractivity contribution in [3.8, 4) is 11.4 Å². The van der Waals surface area contributed by atoms with E-state index < -0.39 is 6.04 Å². The van der Waals surface area contributed by atoms with Crippen LogP contribution in [0.4, 0.5) is 0 Å². The Kier molecular flexibility index (Phi) is 10.9. The van der Waals surface area contributed by atoms with Crippen molar-refractivity contribution < 1.29 is 14.3 Å². The zero-order valence-corrected chi connectivity index (χ0v) is 26.3. The van der Waals surface area contributed by atoms with Gasteiger partial charge in [0.2, 0.25) is 5.91 Å². The first kappa shape index (κ1) is 31.9. The zero-order chi connectivity index (χ0) is 31.1. The number of rotatable bonds is 12. The van der Waals surface area contributed by atoms with Crippen LogP contribution in [0.25, 0.3) is 16.6 Å². The summed E-state index contributed by atoms with van der Waals surface area (Å²) in [6.45, 7) is 6.63. The summed E-state index contributed by atoms with van der Waals surface area (Å²) in [4.78, 5) is 37.5. The molecule has 0 aliphatic carbocycles. The Hall–Kier alpha value is -3.47. The molecule has 0 saturated carbocycles. The predicted molar refractivity (Wildman–Crippen MR) is 174 cm³/mol. The maximum absolute atomic E-state index is 14.2. The SMILES string of the molecule is CCOc1ccc(-n2c(C(CCN)N(CCN3CCOCC3)C(=O)Cc3ccc(Cl)c(Cl)c3)nc3ccccc3c2=O)cc1. The maximum Gasteiger partial charge on any atom is 0.266 e. The van der Waals surface area contributed by atoms with Crippen molar-refractivity contribution >= 4 is 40.0 Å². The summed E-state index contributed by atoms with van der Waals surface area (Å²) in [5.41, 5.74) is 7.90. The average Bonchev–Trinajstić information content (AvgIpc) is 3.03. The monoisotopic (exact) mass is 637 g/mol. The molecular weight excluding hydrogens is 601 g/mol. The van der Waals surface area contributed by atoms with E-state index in [0.29, 0.717) is 77.5 Å². The highest BCUT2D eigenvalue weighted by molar-refractivity contribution is 6.42. The Bertz CT molecular complexity index is 1640. The number of para-hydroxylation sites is 1.